The van der Waals surface area contributed by atoms with E-state index in [1.165, 1.54) is 7.05 Å². The molecule has 0 atom stereocenters. The molecule has 0 unspecified atom stereocenters. The number of aryl methyl sites for hydroxylation is 1. The summed E-state index contributed by atoms with van der Waals surface area (Å²) in [6.45, 7) is 1.78. The Balaban J connectivity index is 2.09. The summed E-state index contributed by atoms with van der Waals surface area (Å²) in [5.74, 6) is -5.10. The number of carbonyl (C=O) groups is 1. The van der Waals surface area contributed by atoms with Crippen LogP contribution in [0, 0.1) is 6.92 Å². The largest absolute Gasteiger partial charge is 0.383 e. The third-order valence-electron chi connectivity index (χ3n) is 3.73. The van der Waals surface area contributed by atoms with E-state index in [0.717, 1.165) is 10.6 Å². The fourth-order valence-corrected chi connectivity index (χ4v) is 2.27. The van der Waals surface area contributed by atoms with Crippen molar-refractivity contribution in [3.63, 3.8) is 0 Å². The smallest absolute Gasteiger partial charge is 0.352 e. The van der Waals surface area contributed by atoms with Crippen molar-refractivity contribution in [2.75, 3.05) is 7.05 Å². The number of carbonyl (C=O) groups excluding carboxylic acids is 1. The van der Waals surface area contributed by atoms with Crippen molar-refractivity contribution < 1.29 is 18.7 Å². The van der Waals surface area contributed by atoms with Crippen molar-refractivity contribution in [1.82, 2.24) is 9.88 Å². The molecule has 110 valence electrons. The quantitative estimate of drug-likeness (QED) is 0.918. The summed E-state index contributed by atoms with van der Waals surface area (Å²) in [6.07, 6.45) is 0.438. The van der Waals surface area contributed by atoms with E-state index in [2.05, 4.69) is 4.98 Å². The minimum Gasteiger partial charge on any atom is -0.383 e. The molecule has 0 aromatic carbocycles. The number of pyridine rings is 1. The first-order valence-corrected chi connectivity index (χ1v) is 6.54. The van der Waals surface area contributed by atoms with Crippen LogP contribution in [-0.2, 0) is 11.3 Å². The lowest BCUT2D eigenvalue weighted by Crippen LogP contribution is -2.60. The van der Waals surface area contributed by atoms with Crippen molar-refractivity contribution in [1.29, 1.82) is 0 Å². The molecule has 1 aliphatic rings. The molecule has 0 radical (unpaired) electrons. The molecule has 1 aromatic heterocycles. The van der Waals surface area contributed by atoms with Crippen molar-refractivity contribution in [2.24, 2.45) is 0 Å². The van der Waals surface area contributed by atoms with Gasteiger partial charge in [0.05, 0.1) is 12.2 Å². The second-order valence-corrected chi connectivity index (χ2v) is 5.39. The fraction of sp³-hybridized carbons (Fsp3) is 0.571. The fourth-order valence-electron chi connectivity index (χ4n) is 2.27. The Morgan fingerprint density at radius 2 is 2.15 bits per heavy atom. The van der Waals surface area contributed by atoms with E-state index < -0.39 is 17.4 Å². The molecule has 1 fully saturated rings. The van der Waals surface area contributed by atoms with Gasteiger partial charge in [0, 0.05) is 12.7 Å². The Morgan fingerprint density at radius 1 is 1.50 bits per heavy atom. The van der Waals surface area contributed by atoms with Gasteiger partial charge in [-0.3, -0.25) is 9.78 Å². The molecule has 2 rings (SSSR count). The Hall–Kier alpha value is -1.56. The van der Waals surface area contributed by atoms with Gasteiger partial charge < -0.3 is 10.0 Å². The van der Waals surface area contributed by atoms with Crippen molar-refractivity contribution >= 4 is 5.91 Å². The zero-order valence-corrected chi connectivity index (χ0v) is 11.6. The third kappa shape index (κ3) is 2.52. The Bertz CT molecular complexity index is 516. The van der Waals surface area contributed by atoms with Gasteiger partial charge >= 0.3 is 5.92 Å². The average Bonchev–Trinajstić information content (AvgIpc) is 2.34. The van der Waals surface area contributed by atoms with Crippen LogP contribution < -0.4 is 0 Å². The van der Waals surface area contributed by atoms with E-state index in [1.54, 1.807) is 25.1 Å². The molecule has 0 spiro atoms. The molecule has 6 heteroatoms. The number of nitrogens with zero attached hydrogens (tertiary/aromatic N) is 2. The van der Waals surface area contributed by atoms with Gasteiger partial charge in [-0.15, -0.1) is 0 Å². The van der Waals surface area contributed by atoms with Crippen LogP contribution in [0.5, 0.6) is 0 Å². The molecule has 0 aliphatic heterocycles. The first-order chi connectivity index (χ1) is 9.26. The van der Waals surface area contributed by atoms with E-state index in [0.29, 0.717) is 12.1 Å². The minimum absolute atomic E-state index is 0.00775. The van der Waals surface area contributed by atoms with Crippen LogP contribution in [-0.4, -0.2) is 39.5 Å². The van der Waals surface area contributed by atoms with Crippen LogP contribution in [0.15, 0.2) is 18.2 Å². The summed E-state index contributed by atoms with van der Waals surface area (Å²) >= 11 is 0. The number of hydrogen-bond donors (Lipinski definition) is 1. The molecule has 4 nitrogen and oxygen atoms in total. The summed E-state index contributed by atoms with van der Waals surface area (Å²) in [4.78, 5) is 17.0. The predicted molar refractivity (Wildman–Crippen MR) is 69.2 cm³/mol. The Labute approximate surface area is 116 Å². The average molecular weight is 284 g/mol. The summed E-state index contributed by atoms with van der Waals surface area (Å²) in [5.41, 5.74) is -0.886. The molecule has 1 aromatic rings. The zero-order chi connectivity index (χ0) is 15.0. The van der Waals surface area contributed by atoms with Gasteiger partial charge in [-0.05, 0) is 38.3 Å². The standard InChI is InChI=1S/C14H18F2N2O2/c1-10-5-3-6-11(17-10)9-18(2)12(19)14(15,16)13(20)7-4-8-13/h3,5-6,20H,4,7-9H2,1-2H3. The molecule has 0 saturated heterocycles. The highest BCUT2D eigenvalue weighted by Crippen LogP contribution is 2.45. The lowest BCUT2D eigenvalue weighted by Gasteiger charge is -2.42. The number of aromatic nitrogens is 1. The molecule has 1 amide bonds. The molecule has 1 saturated carbocycles. The van der Waals surface area contributed by atoms with Gasteiger partial charge in [-0.1, -0.05) is 6.07 Å². The van der Waals surface area contributed by atoms with Crippen LogP contribution >= 0.6 is 0 Å². The van der Waals surface area contributed by atoms with Crippen LogP contribution in [0.3, 0.4) is 0 Å². The Kier molecular flexibility index (Phi) is 3.77. The van der Waals surface area contributed by atoms with E-state index in [-0.39, 0.29) is 19.4 Å². The molecule has 1 aliphatic carbocycles. The topological polar surface area (TPSA) is 53.4 Å². The van der Waals surface area contributed by atoms with E-state index in [1.807, 2.05) is 0 Å². The van der Waals surface area contributed by atoms with Gasteiger partial charge in [-0.25, -0.2) is 0 Å². The van der Waals surface area contributed by atoms with Crippen molar-refractivity contribution in [3.05, 3.63) is 29.6 Å². The van der Waals surface area contributed by atoms with Gasteiger partial charge in [0.15, 0.2) is 0 Å². The minimum atomic E-state index is -3.75. The van der Waals surface area contributed by atoms with Crippen LogP contribution in [0.4, 0.5) is 8.78 Å². The number of halogens is 2. The van der Waals surface area contributed by atoms with Crippen molar-refractivity contribution in [3.8, 4) is 0 Å². The van der Waals surface area contributed by atoms with Crippen molar-refractivity contribution in [2.45, 2.75) is 44.3 Å². The number of amides is 1. The lowest BCUT2D eigenvalue weighted by atomic mass is 9.75. The third-order valence-corrected chi connectivity index (χ3v) is 3.73. The highest BCUT2D eigenvalue weighted by molar-refractivity contribution is 5.85. The molecule has 0 bridgehead atoms. The first kappa shape index (κ1) is 14.8. The normalized spacial score (nSPS) is 17.4. The van der Waals surface area contributed by atoms with Gasteiger partial charge in [0.2, 0.25) is 0 Å². The first-order valence-electron chi connectivity index (χ1n) is 6.54. The SMILES string of the molecule is Cc1cccc(CN(C)C(=O)C(F)(F)C2(O)CCC2)n1. The summed E-state index contributed by atoms with van der Waals surface area (Å²) < 4.78 is 28.0. The number of hydrogen-bond acceptors (Lipinski definition) is 3. The predicted octanol–water partition coefficient (Wildman–Crippen LogP) is 1.90. The maximum absolute atomic E-state index is 14.0. The highest BCUT2D eigenvalue weighted by Gasteiger charge is 2.61. The second kappa shape index (κ2) is 5.09. The number of aliphatic hydroxyl groups is 1. The van der Waals surface area contributed by atoms with E-state index in [9.17, 15) is 18.7 Å². The Morgan fingerprint density at radius 3 is 2.65 bits per heavy atom. The van der Waals surface area contributed by atoms with Gasteiger partial charge in [-0.2, -0.15) is 8.78 Å². The summed E-state index contributed by atoms with van der Waals surface area (Å²) in [5, 5.41) is 9.75. The summed E-state index contributed by atoms with van der Waals surface area (Å²) in [7, 11) is 1.29. The molecule has 1 N–H and O–H groups in total. The van der Waals surface area contributed by atoms with Crippen LogP contribution in [0.2, 0.25) is 0 Å². The maximum Gasteiger partial charge on any atom is 0.352 e. The maximum atomic E-state index is 14.0. The molecule has 20 heavy (non-hydrogen) atoms. The number of rotatable bonds is 4. The van der Waals surface area contributed by atoms with Gasteiger partial charge in [0.1, 0.15) is 5.60 Å². The van der Waals surface area contributed by atoms with Gasteiger partial charge in [0.25, 0.3) is 5.91 Å². The zero-order valence-electron chi connectivity index (χ0n) is 11.6. The summed E-state index contributed by atoms with van der Waals surface area (Å²) in [6, 6.07) is 5.22. The van der Waals surface area contributed by atoms with E-state index in [4.69, 9.17) is 0 Å². The molecular weight excluding hydrogens is 266 g/mol. The number of alkyl halides is 2. The van der Waals surface area contributed by atoms with E-state index >= 15 is 0 Å². The molecule has 1 heterocycles. The monoisotopic (exact) mass is 284 g/mol. The van der Waals surface area contributed by atoms with Crippen LogP contribution in [0.1, 0.15) is 30.7 Å². The molecular formula is C14H18F2N2O2. The highest BCUT2D eigenvalue weighted by atomic mass is 19.3. The van der Waals surface area contributed by atoms with Crippen LogP contribution in [0.25, 0.3) is 0 Å². The second-order valence-electron chi connectivity index (χ2n) is 5.39. The lowest BCUT2D eigenvalue weighted by molar-refractivity contribution is -0.223.